The maximum absolute atomic E-state index is 12.4. The lowest BCUT2D eigenvalue weighted by atomic mass is 9.80. The van der Waals surface area contributed by atoms with E-state index in [1.807, 2.05) is 30.3 Å². The van der Waals surface area contributed by atoms with E-state index in [0.717, 1.165) is 5.56 Å². The van der Waals surface area contributed by atoms with Crippen molar-refractivity contribution in [3.63, 3.8) is 0 Å². The second-order valence-electron chi connectivity index (χ2n) is 8.51. The van der Waals surface area contributed by atoms with Gasteiger partial charge >= 0.3 is 11.9 Å². The molecule has 8 heteroatoms. The van der Waals surface area contributed by atoms with Gasteiger partial charge in [-0.25, -0.2) is 0 Å². The number of carbonyl (C=O) groups excluding carboxylic acids is 2. The molecule has 3 rings (SSSR count). The summed E-state index contributed by atoms with van der Waals surface area (Å²) in [6.07, 6.45) is -0.220. The third kappa shape index (κ3) is 8.98. The molecule has 0 spiro atoms. The van der Waals surface area contributed by atoms with E-state index >= 15 is 0 Å². The van der Waals surface area contributed by atoms with E-state index in [9.17, 15) is 19.8 Å². The first kappa shape index (κ1) is 31.1. The highest BCUT2D eigenvalue weighted by molar-refractivity contribution is 5.75. The molecule has 0 aliphatic carbocycles. The number of esters is 2. The van der Waals surface area contributed by atoms with Crippen molar-refractivity contribution < 1.29 is 38.7 Å². The molecular weight excluding hydrogens is 500 g/mol. The van der Waals surface area contributed by atoms with Crippen molar-refractivity contribution >= 4 is 11.9 Å². The number of hydrogen-bond donors (Lipinski definition) is 2. The van der Waals surface area contributed by atoms with Gasteiger partial charge in [0.25, 0.3) is 0 Å². The smallest absolute Gasteiger partial charge is 0.312 e. The molecule has 0 aliphatic heterocycles. The van der Waals surface area contributed by atoms with Gasteiger partial charge in [0.2, 0.25) is 0 Å². The Labute approximate surface area is 229 Å². The van der Waals surface area contributed by atoms with E-state index in [2.05, 4.69) is 11.3 Å². The normalized spacial score (nSPS) is 13.4. The maximum atomic E-state index is 12.4. The Morgan fingerprint density at radius 1 is 0.744 bits per heavy atom. The molecule has 2 N–H and O–H groups in total. The van der Waals surface area contributed by atoms with Crippen molar-refractivity contribution in [3.05, 3.63) is 108 Å². The van der Waals surface area contributed by atoms with E-state index in [-0.39, 0.29) is 12.3 Å². The standard InChI is InChI=1S/C20H22O4.C11H14O4/c1-4-17(14-8-6-5-7-9-14)18(20(22)24-3)19(21)15-10-12-16(23-2)13-11-15;1-14-9-5-3-8(4-6-9)10(12)7-11(13)15-2/h4-13,17-19,21H,1H2,2-3H3;3-6,10,12H,7H2,1-2H3/t17?,18?,19-;10-/m10/s1. The summed E-state index contributed by atoms with van der Waals surface area (Å²) in [5, 5.41) is 20.5. The minimum atomic E-state index is -1.02. The van der Waals surface area contributed by atoms with Crippen LogP contribution < -0.4 is 9.47 Å². The van der Waals surface area contributed by atoms with Crippen LogP contribution in [0.4, 0.5) is 0 Å². The predicted molar refractivity (Wildman–Crippen MR) is 147 cm³/mol. The van der Waals surface area contributed by atoms with Crippen LogP contribution in [-0.4, -0.2) is 50.6 Å². The zero-order chi connectivity index (χ0) is 28.8. The minimum Gasteiger partial charge on any atom is -0.497 e. The highest BCUT2D eigenvalue weighted by atomic mass is 16.5. The molecule has 4 atom stereocenters. The number of carbonyl (C=O) groups is 2. The van der Waals surface area contributed by atoms with Crippen molar-refractivity contribution in [1.82, 2.24) is 0 Å². The molecule has 39 heavy (non-hydrogen) atoms. The Hall–Kier alpha value is -4.14. The van der Waals surface area contributed by atoms with Crippen molar-refractivity contribution in [1.29, 1.82) is 0 Å². The van der Waals surface area contributed by atoms with Gasteiger partial charge in [0, 0.05) is 5.92 Å². The van der Waals surface area contributed by atoms with Gasteiger partial charge in [0.1, 0.15) is 11.5 Å². The van der Waals surface area contributed by atoms with Crippen molar-refractivity contribution in [2.24, 2.45) is 5.92 Å². The van der Waals surface area contributed by atoms with Crippen LogP contribution in [0.3, 0.4) is 0 Å². The zero-order valence-electron chi connectivity index (χ0n) is 22.7. The molecule has 0 saturated carbocycles. The van der Waals surface area contributed by atoms with Crippen LogP contribution >= 0.6 is 0 Å². The van der Waals surface area contributed by atoms with Crippen molar-refractivity contribution in [2.75, 3.05) is 28.4 Å². The number of ether oxygens (including phenoxy) is 4. The number of rotatable bonds is 11. The Balaban J connectivity index is 0.000000306. The van der Waals surface area contributed by atoms with E-state index in [1.165, 1.54) is 14.2 Å². The van der Waals surface area contributed by atoms with Gasteiger partial charge in [0.05, 0.1) is 53.0 Å². The zero-order valence-corrected chi connectivity index (χ0v) is 22.7. The van der Waals surface area contributed by atoms with Crippen LogP contribution in [0, 0.1) is 5.92 Å². The first-order valence-corrected chi connectivity index (χ1v) is 12.3. The number of aliphatic hydroxyl groups excluding tert-OH is 2. The lowest BCUT2D eigenvalue weighted by Crippen LogP contribution is -2.29. The summed E-state index contributed by atoms with van der Waals surface area (Å²) in [6.45, 7) is 3.84. The summed E-state index contributed by atoms with van der Waals surface area (Å²) < 4.78 is 19.5. The van der Waals surface area contributed by atoms with Crippen LogP contribution in [0.2, 0.25) is 0 Å². The molecule has 0 heterocycles. The summed E-state index contributed by atoms with van der Waals surface area (Å²) in [6, 6.07) is 23.4. The van der Waals surface area contributed by atoms with Gasteiger partial charge in [-0.2, -0.15) is 0 Å². The van der Waals surface area contributed by atoms with Gasteiger partial charge in [-0.15, -0.1) is 6.58 Å². The molecule has 2 unspecified atom stereocenters. The van der Waals surface area contributed by atoms with Crippen LogP contribution in [-0.2, 0) is 19.1 Å². The first-order chi connectivity index (χ1) is 18.8. The van der Waals surface area contributed by atoms with Crippen molar-refractivity contribution in [3.8, 4) is 11.5 Å². The SMILES string of the molecule is C=CC(c1ccccc1)C(C(=O)OC)[C@H](O)c1ccc(OC)cc1.COC(=O)C[C@H](O)c1ccc(OC)cc1. The number of hydrogen-bond acceptors (Lipinski definition) is 8. The van der Waals surface area contributed by atoms with Crippen LogP contribution in [0.5, 0.6) is 11.5 Å². The predicted octanol–water partition coefficient (Wildman–Crippen LogP) is 4.78. The molecule has 208 valence electrons. The Kier molecular flexibility index (Phi) is 12.7. The molecule has 8 nitrogen and oxygen atoms in total. The van der Waals surface area contributed by atoms with Gasteiger partial charge in [-0.1, -0.05) is 60.7 Å². The molecule has 3 aromatic carbocycles. The second kappa shape index (κ2) is 16.0. The van der Waals surface area contributed by atoms with E-state index in [4.69, 9.17) is 14.2 Å². The van der Waals surface area contributed by atoms with E-state index in [0.29, 0.717) is 22.6 Å². The molecule has 0 fully saturated rings. The molecule has 0 saturated heterocycles. The van der Waals surface area contributed by atoms with Gasteiger partial charge in [-0.3, -0.25) is 9.59 Å². The average molecular weight is 537 g/mol. The quantitative estimate of drug-likeness (QED) is 0.266. The maximum Gasteiger partial charge on any atom is 0.312 e. The molecular formula is C31H36O8. The molecule has 0 aromatic heterocycles. The summed E-state index contributed by atoms with van der Waals surface area (Å²) >= 11 is 0. The largest absolute Gasteiger partial charge is 0.497 e. The Morgan fingerprint density at radius 2 is 1.26 bits per heavy atom. The van der Waals surface area contributed by atoms with E-state index in [1.54, 1.807) is 68.8 Å². The van der Waals surface area contributed by atoms with E-state index < -0.39 is 30.1 Å². The molecule has 0 amide bonds. The average Bonchev–Trinajstić information content (AvgIpc) is 2.99. The van der Waals surface area contributed by atoms with Crippen LogP contribution in [0.25, 0.3) is 0 Å². The molecule has 0 bridgehead atoms. The molecule has 0 aliphatic rings. The van der Waals surface area contributed by atoms with Gasteiger partial charge < -0.3 is 29.2 Å². The third-order valence-electron chi connectivity index (χ3n) is 6.18. The monoisotopic (exact) mass is 536 g/mol. The van der Waals surface area contributed by atoms with Gasteiger partial charge in [-0.05, 0) is 41.0 Å². The minimum absolute atomic E-state index is 0.0389. The fourth-order valence-corrected chi connectivity index (χ4v) is 3.97. The summed E-state index contributed by atoms with van der Waals surface area (Å²) in [5.74, 6) is -0.669. The topological polar surface area (TPSA) is 112 Å². The Morgan fingerprint density at radius 3 is 1.69 bits per heavy atom. The highest BCUT2D eigenvalue weighted by Crippen LogP contribution is 2.36. The lowest BCUT2D eigenvalue weighted by molar-refractivity contribution is -0.150. The third-order valence-corrected chi connectivity index (χ3v) is 6.18. The lowest BCUT2D eigenvalue weighted by Gasteiger charge is -2.27. The summed E-state index contributed by atoms with van der Waals surface area (Å²) in [7, 11) is 5.76. The number of methoxy groups -OCH3 is 4. The van der Waals surface area contributed by atoms with Crippen molar-refractivity contribution in [2.45, 2.75) is 24.5 Å². The van der Waals surface area contributed by atoms with Crippen LogP contribution in [0.15, 0.2) is 91.5 Å². The molecule has 3 aromatic rings. The fourth-order valence-electron chi connectivity index (χ4n) is 3.97. The van der Waals surface area contributed by atoms with Gasteiger partial charge in [0.15, 0.2) is 0 Å². The summed E-state index contributed by atoms with van der Waals surface area (Å²) in [5.41, 5.74) is 2.19. The van der Waals surface area contributed by atoms with Crippen LogP contribution in [0.1, 0.15) is 41.2 Å². The molecule has 0 radical (unpaired) electrons. The number of allylic oxidation sites excluding steroid dienone is 1. The Bertz CT molecular complexity index is 1160. The first-order valence-electron chi connectivity index (χ1n) is 12.3. The second-order valence-corrected chi connectivity index (χ2v) is 8.51. The number of aliphatic hydroxyl groups is 2. The number of benzene rings is 3. The fraction of sp³-hybridized carbons (Fsp3) is 0.290. The highest BCUT2D eigenvalue weighted by Gasteiger charge is 2.35. The summed E-state index contributed by atoms with van der Waals surface area (Å²) in [4.78, 5) is 23.3.